The number of ketones is 1. The molecule has 1 aromatic rings. The van der Waals surface area contributed by atoms with Crippen molar-refractivity contribution < 1.29 is 9.72 Å². The van der Waals surface area contributed by atoms with E-state index in [0.717, 1.165) is 13.1 Å². The standard InChI is InChI=1S/C13H19N3O3S/c1-8-6-15(7-11(8)14(3)4)13-10(16(18)19)5-12(20-13)9(2)17/h5,8,11H,6-7H2,1-4H3. The molecule has 0 saturated carbocycles. The van der Waals surface area contributed by atoms with Gasteiger partial charge in [-0.25, -0.2) is 0 Å². The molecule has 0 aliphatic carbocycles. The Morgan fingerprint density at radius 1 is 1.50 bits per heavy atom. The molecule has 110 valence electrons. The number of nitro groups is 1. The predicted octanol–water partition coefficient (Wildman–Crippen LogP) is 2.25. The van der Waals surface area contributed by atoms with E-state index in [9.17, 15) is 14.9 Å². The van der Waals surface area contributed by atoms with Crippen molar-refractivity contribution in [2.45, 2.75) is 19.9 Å². The van der Waals surface area contributed by atoms with Crippen molar-refractivity contribution in [1.29, 1.82) is 0 Å². The summed E-state index contributed by atoms with van der Waals surface area (Å²) in [5.74, 6) is 0.313. The lowest BCUT2D eigenvalue weighted by Crippen LogP contribution is -2.34. The first-order chi connectivity index (χ1) is 9.31. The highest BCUT2D eigenvalue weighted by molar-refractivity contribution is 7.18. The number of hydrogen-bond acceptors (Lipinski definition) is 6. The number of hydrogen-bond donors (Lipinski definition) is 0. The summed E-state index contributed by atoms with van der Waals surface area (Å²) in [6.45, 7) is 5.12. The lowest BCUT2D eigenvalue weighted by Gasteiger charge is -2.22. The molecule has 0 amide bonds. The van der Waals surface area contributed by atoms with Crippen molar-refractivity contribution in [1.82, 2.24) is 4.90 Å². The maximum Gasteiger partial charge on any atom is 0.304 e. The Morgan fingerprint density at radius 3 is 2.60 bits per heavy atom. The SMILES string of the molecule is CC(=O)c1cc([N+](=O)[O-])c(N2CC(C)C(N(C)C)C2)s1. The smallest absolute Gasteiger partial charge is 0.304 e. The molecule has 1 saturated heterocycles. The topological polar surface area (TPSA) is 66.7 Å². The van der Waals surface area contributed by atoms with E-state index < -0.39 is 4.92 Å². The van der Waals surface area contributed by atoms with Crippen LogP contribution in [0, 0.1) is 16.0 Å². The number of rotatable bonds is 4. The zero-order chi connectivity index (χ0) is 15.0. The Balaban J connectivity index is 2.33. The zero-order valence-corrected chi connectivity index (χ0v) is 12.9. The summed E-state index contributed by atoms with van der Waals surface area (Å²) in [6, 6.07) is 1.77. The van der Waals surface area contributed by atoms with E-state index in [0.29, 0.717) is 21.8 Å². The number of carbonyl (C=O) groups excluding carboxylic acids is 1. The molecule has 1 fully saturated rings. The van der Waals surface area contributed by atoms with Crippen LogP contribution in [0.25, 0.3) is 0 Å². The van der Waals surface area contributed by atoms with Gasteiger partial charge in [-0.2, -0.15) is 0 Å². The number of nitrogens with zero attached hydrogens (tertiary/aromatic N) is 3. The minimum atomic E-state index is -0.397. The summed E-state index contributed by atoms with van der Waals surface area (Å²) < 4.78 is 0. The Kier molecular flexibility index (Phi) is 4.10. The van der Waals surface area contributed by atoms with Crippen molar-refractivity contribution >= 4 is 27.8 Å². The second-order valence-electron chi connectivity index (χ2n) is 5.53. The predicted molar refractivity (Wildman–Crippen MR) is 79.8 cm³/mol. The molecule has 7 heteroatoms. The summed E-state index contributed by atoms with van der Waals surface area (Å²) in [5.41, 5.74) is 0.0480. The first-order valence-corrected chi connectivity index (χ1v) is 7.33. The lowest BCUT2D eigenvalue weighted by molar-refractivity contribution is -0.383. The molecular formula is C13H19N3O3S. The summed E-state index contributed by atoms with van der Waals surface area (Å²) in [5, 5.41) is 11.8. The highest BCUT2D eigenvalue weighted by Gasteiger charge is 2.35. The summed E-state index contributed by atoms with van der Waals surface area (Å²) in [7, 11) is 4.04. The van der Waals surface area contributed by atoms with Crippen LogP contribution in [0.1, 0.15) is 23.5 Å². The second kappa shape index (κ2) is 5.49. The molecule has 1 aliphatic heterocycles. The van der Waals surface area contributed by atoms with Crippen molar-refractivity contribution in [2.24, 2.45) is 5.92 Å². The van der Waals surface area contributed by atoms with Crippen LogP contribution < -0.4 is 4.90 Å². The van der Waals surface area contributed by atoms with Crippen molar-refractivity contribution in [3.8, 4) is 0 Å². The molecule has 0 aromatic carbocycles. The van der Waals surface area contributed by atoms with E-state index in [1.165, 1.54) is 24.3 Å². The van der Waals surface area contributed by atoms with Crippen LogP contribution in [-0.2, 0) is 0 Å². The normalized spacial score (nSPS) is 22.6. The molecule has 1 aromatic heterocycles. The van der Waals surface area contributed by atoms with Gasteiger partial charge >= 0.3 is 5.69 Å². The second-order valence-corrected chi connectivity index (χ2v) is 6.56. The monoisotopic (exact) mass is 297 g/mol. The molecule has 0 bridgehead atoms. The molecule has 6 nitrogen and oxygen atoms in total. The Labute approximate surface area is 122 Å². The number of thiophene rings is 1. The molecule has 2 atom stereocenters. The van der Waals surface area contributed by atoms with Gasteiger partial charge in [-0.1, -0.05) is 6.92 Å². The van der Waals surface area contributed by atoms with Crippen LogP contribution in [0.2, 0.25) is 0 Å². The zero-order valence-electron chi connectivity index (χ0n) is 12.1. The van der Waals surface area contributed by atoms with Gasteiger partial charge in [-0.15, -0.1) is 11.3 Å². The number of anilines is 1. The maximum atomic E-state index is 11.4. The van der Waals surface area contributed by atoms with E-state index in [-0.39, 0.29) is 11.5 Å². The van der Waals surface area contributed by atoms with Crippen LogP contribution in [0.15, 0.2) is 6.07 Å². The van der Waals surface area contributed by atoms with E-state index in [2.05, 4.69) is 11.8 Å². The Hall–Kier alpha value is -1.47. The van der Waals surface area contributed by atoms with Gasteiger partial charge in [0.25, 0.3) is 0 Å². The molecule has 20 heavy (non-hydrogen) atoms. The van der Waals surface area contributed by atoms with Gasteiger partial charge in [0.1, 0.15) is 0 Å². The first kappa shape index (κ1) is 14.9. The minimum Gasteiger partial charge on any atom is -0.356 e. The van der Waals surface area contributed by atoms with Crippen LogP contribution in [0.5, 0.6) is 0 Å². The van der Waals surface area contributed by atoms with E-state index >= 15 is 0 Å². The highest BCUT2D eigenvalue weighted by Crippen LogP contribution is 2.40. The van der Waals surface area contributed by atoms with Gasteiger partial charge in [0.15, 0.2) is 10.8 Å². The largest absolute Gasteiger partial charge is 0.356 e. The fraction of sp³-hybridized carbons (Fsp3) is 0.615. The van der Waals surface area contributed by atoms with E-state index in [1.807, 2.05) is 19.0 Å². The van der Waals surface area contributed by atoms with Gasteiger partial charge in [-0.3, -0.25) is 14.9 Å². The molecule has 0 radical (unpaired) electrons. The average Bonchev–Trinajstić information content (AvgIpc) is 2.91. The third-order valence-electron chi connectivity index (χ3n) is 3.76. The Morgan fingerprint density at radius 2 is 2.15 bits per heavy atom. The molecule has 0 N–H and O–H groups in total. The third-order valence-corrected chi connectivity index (χ3v) is 5.05. The highest BCUT2D eigenvalue weighted by atomic mass is 32.1. The summed E-state index contributed by atoms with van der Waals surface area (Å²) in [6.07, 6.45) is 0. The van der Waals surface area contributed by atoms with Gasteiger partial charge in [0.05, 0.1) is 9.80 Å². The average molecular weight is 297 g/mol. The minimum absolute atomic E-state index is 0.0480. The van der Waals surface area contributed by atoms with Crippen LogP contribution >= 0.6 is 11.3 Å². The first-order valence-electron chi connectivity index (χ1n) is 6.51. The van der Waals surface area contributed by atoms with Crippen molar-refractivity contribution in [2.75, 3.05) is 32.1 Å². The van der Waals surface area contributed by atoms with Gasteiger partial charge in [0.2, 0.25) is 0 Å². The number of carbonyl (C=O) groups is 1. The summed E-state index contributed by atoms with van der Waals surface area (Å²) >= 11 is 1.23. The van der Waals surface area contributed by atoms with Gasteiger partial charge in [0, 0.05) is 25.2 Å². The Bertz CT molecular complexity index is 541. The fourth-order valence-corrected chi connectivity index (χ4v) is 3.73. The lowest BCUT2D eigenvalue weighted by atomic mass is 10.1. The molecule has 2 rings (SSSR count). The van der Waals surface area contributed by atoms with E-state index in [4.69, 9.17) is 0 Å². The summed E-state index contributed by atoms with van der Waals surface area (Å²) in [4.78, 5) is 26.9. The van der Waals surface area contributed by atoms with Gasteiger partial charge in [-0.05, 0) is 26.9 Å². The van der Waals surface area contributed by atoms with Crippen LogP contribution in [0.4, 0.5) is 10.7 Å². The molecular weight excluding hydrogens is 278 g/mol. The number of likely N-dealkylation sites (N-methyl/N-ethyl adjacent to an activating group) is 1. The number of Topliss-reactive ketones (excluding diaryl/α,β-unsaturated/α-hetero) is 1. The maximum absolute atomic E-state index is 11.4. The van der Waals surface area contributed by atoms with Crippen LogP contribution in [0.3, 0.4) is 0 Å². The molecule has 2 heterocycles. The van der Waals surface area contributed by atoms with Crippen molar-refractivity contribution in [3.05, 3.63) is 21.1 Å². The molecule has 0 spiro atoms. The van der Waals surface area contributed by atoms with Crippen LogP contribution in [-0.4, -0.2) is 48.8 Å². The fourth-order valence-electron chi connectivity index (χ4n) is 2.69. The molecule has 2 unspecified atom stereocenters. The van der Waals surface area contributed by atoms with Crippen molar-refractivity contribution in [3.63, 3.8) is 0 Å². The third kappa shape index (κ3) is 2.69. The van der Waals surface area contributed by atoms with Gasteiger partial charge < -0.3 is 9.80 Å². The molecule has 1 aliphatic rings. The quantitative estimate of drug-likeness (QED) is 0.484. The van der Waals surface area contributed by atoms with E-state index in [1.54, 1.807) is 0 Å².